The first-order valence-electron chi connectivity index (χ1n) is 10.4. The van der Waals surface area contributed by atoms with Crippen LogP contribution in [0.2, 0.25) is 0 Å². The van der Waals surface area contributed by atoms with Crippen molar-refractivity contribution in [3.63, 3.8) is 0 Å². The minimum atomic E-state index is -0.842. The summed E-state index contributed by atoms with van der Waals surface area (Å²) in [6.07, 6.45) is 0.629. The standard InChI is InChI=1S/C25H18N2O7/c1-2-15-5-3-4-6-21(15)26-23(29)19-12-9-17(13-20(19)24(26)30)25(31)34-14-22(28)16-7-10-18(11-8-16)27(32)33/h3-13H,2,14H2,1H3. The lowest BCUT2D eigenvalue weighted by Crippen LogP contribution is -2.30. The molecule has 0 fully saturated rings. The van der Waals surface area contributed by atoms with E-state index in [-0.39, 0.29) is 27.9 Å². The first kappa shape index (κ1) is 22.5. The third-order valence-electron chi connectivity index (χ3n) is 5.47. The van der Waals surface area contributed by atoms with Gasteiger partial charge in [0.15, 0.2) is 12.4 Å². The number of fused-ring (bicyclic) bond motifs is 1. The molecule has 1 heterocycles. The Morgan fingerprint density at radius 3 is 2.24 bits per heavy atom. The molecule has 0 atom stereocenters. The molecule has 9 nitrogen and oxygen atoms in total. The smallest absolute Gasteiger partial charge is 0.338 e. The van der Waals surface area contributed by atoms with Gasteiger partial charge in [-0.15, -0.1) is 0 Å². The van der Waals surface area contributed by atoms with Crippen LogP contribution in [0.3, 0.4) is 0 Å². The summed E-state index contributed by atoms with van der Waals surface area (Å²) < 4.78 is 5.06. The molecule has 0 aliphatic carbocycles. The van der Waals surface area contributed by atoms with Gasteiger partial charge in [-0.2, -0.15) is 0 Å². The zero-order valence-electron chi connectivity index (χ0n) is 18.0. The van der Waals surface area contributed by atoms with Gasteiger partial charge in [0.25, 0.3) is 17.5 Å². The van der Waals surface area contributed by atoms with E-state index >= 15 is 0 Å². The van der Waals surface area contributed by atoms with Crippen molar-refractivity contribution in [2.24, 2.45) is 0 Å². The van der Waals surface area contributed by atoms with Crippen molar-refractivity contribution >= 4 is 34.9 Å². The minimum Gasteiger partial charge on any atom is -0.454 e. The number of benzene rings is 3. The molecule has 0 N–H and O–H groups in total. The van der Waals surface area contributed by atoms with E-state index in [0.29, 0.717) is 12.1 Å². The zero-order valence-corrected chi connectivity index (χ0v) is 18.0. The molecule has 1 aliphatic heterocycles. The molecule has 4 rings (SSSR count). The molecular weight excluding hydrogens is 440 g/mol. The molecule has 2 amide bonds. The average Bonchev–Trinajstić information content (AvgIpc) is 3.11. The Morgan fingerprint density at radius 1 is 0.912 bits per heavy atom. The van der Waals surface area contributed by atoms with E-state index in [9.17, 15) is 29.3 Å². The Bertz CT molecular complexity index is 1350. The predicted molar refractivity (Wildman–Crippen MR) is 121 cm³/mol. The molecule has 3 aromatic rings. The third kappa shape index (κ3) is 4.06. The summed E-state index contributed by atoms with van der Waals surface area (Å²) in [5, 5.41) is 10.7. The molecule has 0 bridgehead atoms. The topological polar surface area (TPSA) is 124 Å². The van der Waals surface area contributed by atoms with Gasteiger partial charge in [0.1, 0.15) is 0 Å². The summed E-state index contributed by atoms with van der Waals surface area (Å²) in [4.78, 5) is 61.9. The van der Waals surface area contributed by atoms with Crippen LogP contribution in [0, 0.1) is 10.1 Å². The Balaban J connectivity index is 1.49. The Morgan fingerprint density at radius 2 is 1.56 bits per heavy atom. The number of ether oxygens (including phenoxy) is 1. The van der Waals surface area contributed by atoms with Crippen LogP contribution in [0.1, 0.15) is 53.9 Å². The highest BCUT2D eigenvalue weighted by Gasteiger charge is 2.38. The molecule has 0 saturated carbocycles. The molecule has 1 aliphatic rings. The monoisotopic (exact) mass is 458 g/mol. The zero-order chi connectivity index (χ0) is 24.4. The van der Waals surface area contributed by atoms with E-state index in [1.807, 2.05) is 19.1 Å². The van der Waals surface area contributed by atoms with Gasteiger partial charge >= 0.3 is 5.97 Å². The van der Waals surface area contributed by atoms with Crippen molar-refractivity contribution in [2.45, 2.75) is 13.3 Å². The normalized spacial score (nSPS) is 12.4. The lowest BCUT2D eigenvalue weighted by atomic mass is 10.1. The van der Waals surface area contributed by atoms with Crippen LogP contribution >= 0.6 is 0 Å². The van der Waals surface area contributed by atoms with Crippen LogP contribution in [-0.4, -0.2) is 35.1 Å². The number of esters is 1. The number of amides is 2. The number of anilines is 1. The number of nitro groups is 1. The van der Waals surface area contributed by atoms with Crippen LogP contribution in [0.15, 0.2) is 66.7 Å². The number of para-hydroxylation sites is 1. The van der Waals surface area contributed by atoms with E-state index in [0.717, 1.165) is 10.5 Å². The molecular formula is C25H18N2O7. The maximum Gasteiger partial charge on any atom is 0.338 e. The number of hydrogen-bond acceptors (Lipinski definition) is 7. The van der Waals surface area contributed by atoms with Crippen molar-refractivity contribution < 1.29 is 28.8 Å². The lowest BCUT2D eigenvalue weighted by molar-refractivity contribution is -0.384. The quantitative estimate of drug-likeness (QED) is 0.172. The number of carbonyl (C=O) groups excluding carboxylic acids is 4. The molecule has 170 valence electrons. The fourth-order valence-electron chi connectivity index (χ4n) is 3.68. The Labute approximate surface area is 193 Å². The van der Waals surface area contributed by atoms with Gasteiger partial charge in [-0.05, 0) is 48.4 Å². The van der Waals surface area contributed by atoms with E-state index in [1.165, 1.54) is 42.5 Å². The fourth-order valence-corrected chi connectivity index (χ4v) is 3.68. The molecule has 0 saturated heterocycles. The van der Waals surface area contributed by atoms with Crippen molar-refractivity contribution in [2.75, 3.05) is 11.5 Å². The number of non-ortho nitro benzene ring substituents is 1. The number of hydrogen-bond donors (Lipinski definition) is 0. The number of Topliss-reactive ketones (excluding diaryl/α,β-unsaturated/α-hetero) is 1. The Kier molecular flexibility index (Phi) is 6.01. The molecule has 0 unspecified atom stereocenters. The first-order valence-corrected chi connectivity index (χ1v) is 10.4. The number of ketones is 1. The Hall–Kier alpha value is -4.66. The van der Waals surface area contributed by atoms with Crippen LogP contribution in [0.4, 0.5) is 11.4 Å². The minimum absolute atomic E-state index is 0.0158. The maximum atomic E-state index is 13.0. The predicted octanol–water partition coefficient (Wildman–Crippen LogP) is 4.00. The largest absolute Gasteiger partial charge is 0.454 e. The van der Waals surface area contributed by atoms with Crippen LogP contribution < -0.4 is 4.90 Å². The van der Waals surface area contributed by atoms with Crippen molar-refractivity contribution in [3.05, 3.63) is 105 Å². The van der Waals surface area contributed by atoms with Gasteiger partial charge in [-0.1, -0.05) is 25.1 Å². The second-order valence-corrected chi connectivity index (χ2v) is 7.49. The molecule has 0 aromatic heterocycles. The summed E-state index contributed by atoms with van der Waals surface area (Å²) in [6, 6.07) is 16.0. The van der Waals surface area contributed by atoms with Crippen LogP contribution in [0.5, 0.6) is 0 Å². The van der Waals surface area contributed by atoms with Crippen LogP contribution in [0.25, 0.3) is 0 Å². The van der Waals surface area contributed by atoms with Gasteiger partial charge in [0.05, 0.1) is 27.3 Å². The first-order chi connectivity index (χ1) is 16.3. The molecule has 9 heteroatoms. The van der Waals surface area contributed by atoms with E-state index in [1.54, 1.807) is 12.1 Å². The molecule has 3 aromatic carbocycles. The molecule has 0 spiro atoms. The van der Waals surface area contributed by atoms with Crippen molar-refractivity contribution in [1.82, 2.24) is 0 Å². The second kappa shape index (κ2) is 9.07. The summed E-state index contributed by atoms with van der Waals surface area (Å²) in [5.74, 6) is -2.41. The van der Waals surface area contributed by atoms with Crippen molar-refractivity contribution in [3.8, 4) is 0 Å². The highest BCUT2D eigenvalue weighted by molar-refractivity contribution is 6.35. The summed E-state index contributed by atoms with van der Waals surface area (Å²) in [5.41, 5.74) is 1.58. The number of nitrogens with zero attached hydrogens (tertiary/aromatic N) is 2. The highest BCUT2D eigenvalue weighted by atomic mass is 16.6. The van der Waals surface area contributed by atoms with Crippen molar-refractivity contribution in [1.29, 1.82) is 0 Å². The summed E-state index contributed by atoms with van der Waals surface area (Å²) in [6.45, 7) is 1.33. The SMILES string of the molecule is CCc1ccccc1N1C(=O)c2ccc(C(=O)OCC(=O)c3ccc([N+](=O)[O-])cc3)cc2C1=O. The van der Waals surface area contributed by atoms with Gasteiger partial charge in [-0.25, -0.2) is 9.69 Å². The average molecular weight is 458 g/mol. The van der Waals surface area contributed by atoms with E-state index < -0.39 is 35.1 Å². The van der Waals surface area contributed by atoms with Gasteiger partial charge in [0.2, 0.25) is 0 Å². The van der Waals surface area contributed by atoms with Gasteiger partial charge < -0.3 is 4.74 Å². The van der Waals surface area contributed by atoms with Crippen LogP contribution in [-0.2, 0) is 11.2 Å². The number of nitro benzene ring substituents is 1. The third-order valence-corrected chi connectivity index (χ3v) is 5.47. The van der Waals surface area contributed by atoms with Gasteiger partial charge in [0, 0.05) is 17.7 Å². The second-order valence-electron chi connectivity index (χ2n) is 7.49. The lowest BCUT2D eigenvalue weighted by Gasteiger charge is -2.17. The summed E-state index contributed by atoms with van der Waals surface area (Å²) >= 11 is 0. The van der Waals surface area contributed by atoms with E-state index in [2.05, 4.69) is 0 Å². The van der Waals surface area contributed by atoms with E-state index in [4.69, 9.17) is 4.74 Å². The number of aryl methyl sites for hydroxylation is 1. The number of carbonyl (C=O) groups is 4. The maximum absolute atomic E-state index is 13.0. The van der Waals surface area contributed by atoms with Gasteiger partial charge in [-0.3, -0.25) is 24.5 Å². The fraction of sp³-hybridized carbons (Fsp3) is 0.120. The number of rotatable bonds is 7. The highest BCUT2D eigenvalue weighted by Crippen LogP contribution is 2.31. The molecule has 34 heavy (non-hydrogen) atoms. The number of imide groups is 1. The molecule has 0 radical (unpaired) electrons. The summed E-state index contributed by atoms with van der Waals surface area (Å²) in [7, 11) is 0.